The molecule has 1 aromatic rings. The van der Waals surface area contributed by atoms with Crippen LogP contribution in [0, 0.1) is 0 Å². The lowest BCUT2D eigenvalue weighted by Gasteiger charge is -2.22. The van der Waals surface area contributed by atoms with E-state index < -0.39 is 0 Å². The minimum Gasteiger partial charge on any atom is -0.497 e. The summed E-state index contributed by atoms with van der Waals surface area (Å²) in [4.78, 5) is 0. The first-order chi connectivity index (χ1) is 8.79. The first kappa shape index (κ1) is 13.0. The van der Waals surface area contributed by atoms with Gasteiger partial charge in [-0.25, -0.2) is 0 Å². The average Bonchev–Trinajstić information content (AvgIpc) is 2.46. The van der Waals surface area contributed by atoms with E-state index in [9.17, 15) is 0 Å². The number of ether oxygens (including phenoxy) is 2. The van der Waals surface area contributed by atoms with Crippen LogP contribution in [0.1, 0.15) is 31.4 Å². The molecule has 3 nitrogen and oxygen atoms in total. The summed E-state index contributed by atoms with van der Waals surface area (Å²) in [7, 11) is 1.69. The van der Waals surface area contributed by atoms with Crippen molar-refractivity contribution in [3.63, 3.8) is 0 Å². The van der Waals surface area contributed by atoms with Crippen molar-refractivity contribution in [3.05, 3.63) is 42.2 Å². The molecule has 1 aliphatic rings. The highest BCUT2D eigenvalue weighted by Gasteiger charge is 2.12. The molecule has 1 N–H and O–H groups in total. The third kappa shape index (κ3) is 3.50. The number of rotatable bonds is 5. The van der Waals surface area contributed by atoms with Gasteiger partial charge in [-0.15, -0.1) is 0 Å². The maximum Gasteiger partial charge on any atom is 0.118 e. The lowest BCUT2D eigenvalue weighted by atomic mass is 10.1. The standard InChI is InChI=1S/C15H21NO2/c1-12(13-6-8-14(17-2)9-7-13)16-11-15-5-3-4-10-18-15/h4,6-10,12,15-16H,3,5,11H2,1-2H3. The summed E-state index contributed by atoms with van der Waals surface area (Å²) < 4.78 is 10.7. The van der Waals surface area contributed by atoms with Gasteiger partial charge in [0.05, 0.1) is 13.4 Å². The Labute approximate surface area is 109 Å². The SMILES string of the molecule is COc1ccc(C(C)NCC2CCC=CO2)cc1. The molecule has 3 heteroatoms. The molecule has 0 amide bonds. The van der Waals surface area contributed by atoms with Crippen molar-refractivity contribution in [1.29, 1.82) is 0 Å². The Morgan fingerprint density at radius 3 is 2.78 bits per heavy atom. The van der Waals surface area contributed by atoms with Crippen molar-refractivity contribution in [1.82, 2.24) is 5.32 Å². The monoisotopic (exact) mass is 247 g/mol. The smallest absolute Gasteiger partial charge is 0.118 e. The first-order valence-electron chi connectivity index (χ1n) is 6.47. The molecule has 0 bridgehead atoms. The minimum atomic E-state index is 0.302. The number of hydrogen-bond donors (Lipinski definition) is 1. The maximum atomic E-state index is 5.54. The summed E-state index contributed by atoms with van der Waals surface area (Å²) in [6, 6.07) is 8.50. The number of benzene rings is 1. The van der Waals surface area contributed by atoms with E-state index in [4.69, 9.17) is 9.47 Å². The van der Waals surface area contributed by atoms with E-state index >= 15 is 0 Å². The van der Waals surface area contributed by atoms with Gasteiger partial charge >= 0.3 is 0 Å². The van der Waals surface area contributed by atoms with Gasteiger partial charge in [-0.3, -0.25) is 0 Å². The summed E-state index contributed by atoms with van der Waals surface area (Å²) in [6.45, 7) is 3.05. The quantitative estimate of drug-likeness (QED) is 0.867. The Morgan fingerprint density at radius 2 is 2.17 bits per heavy atom. The summed E-state index contributed by atoms with van der Waals surface area (Å²) in [6.07, 6.45) is 6.40. The zero-order valence-electron chi connectivity index (χ0n) is 11.1. The predicted molar refractivity (Wildman–Crippen MR) is 72.7 cm³/mol. The first-order valence-corrected chi connectivity index (χ1v) is 6.47. The molecule has 98 valence electrons. The largest absolute Gasteiger partial charge is 0.497 e. The number of allylic oxidation sites excluding steroid dienone is 1. The Kier molecular flexibility index (Phi) is 4.65. The molecule has 2 rings (SSSR count). The molecular weight excluding hydrogens is 226 g/mol. The molecule has 0 saturated heterocycles. The minimum absolute atomic E-state index is 0.302. The number of nitrogens with one attached hydrogen (secondary N) is 1. The van der Waals surface area contributed by atoms with Crippen LogP contribution in [0.4, 0.5) is 0 Å². The van der Waals surface area contributed by atoms with Crippen LogP contribution in [-0.4, -0.2) is 19.8 Å². The van der Waals surface area contributed by atoms with Crippen molar-refractivity contribution in [2.24, 2.45) is 0 Å². The van der Waals surface area contributed by atoms with Crippen LogP contribution >= 0.6 is 0 Å². The highest BCUT2D eigenvalue weighted by Crippen LogP contribution is 2.18. The third-order valence-corrected chi connectivity index (χ3v) is 3.29. The molecule has 2 unspecified atom stereocenters. The van der Waals surface area contributed by atoms with Crippen LogP contribution in [0.25, 0.3) is 0 Å². The summed E-state index contributed by atoms with van der Waals surface area (Å²) >= 11 is 0. The normalized spacial score (nSPS) is 20.2. The number of hydrogen-bond acceptors (Lipinski definition) is 3. The van der Waals surface area contributed by atoms with Crippen LogP contribution in [0.5, 0.6) is 5.75 Å². The summed E-state index contributed by atoms with van der Waals surface area (Å²) in [5.74, 6) is 0.895. The van der Waals surface area contributed by atoms with Crippen LogP contribution in [0.2, 0.25) is 0 Å². The molecule has 0 aliphatic carbocycles. The molecule has 2 atom stereocenters. The van der Waals surface area contributed by atoms with Crippen LogP contribution < -0.4 is 10.1 Å². The van der Waals surface area contributed by atoms with Crippen molar-refractivity contribution in [2.45, 2.75) is 31.9 Å². The zero-order valence-corrected chi connectivity index (χ0v) is 11.1. The molecule has 1 aromatic carbocycles. The van der Waals surface area contributed by atoms with Crippen LogP contribution in [0.3, 0.4) is 0 Å². The Hall–Kier alpha value is -1.48. The Balaban J connectivity index is 1.82. The fourth-order valence-electron chi connectivity index (χ4n) is 2.05. The summed E-state index contributed by atoms with van der Waals surface area (Å²) in [5, 5.41) is 3.51. The molecule has 18 heavy (non-hydrogen) atoms. The van der Waals surface area contributed by atoms with Gasteiger partial charge in [-0.2, -0.15) is 0 Å². The van der Waals surface area contributed by atoms with Crippen LogP contribution in [-0.2, 0) is 4.74 Å². The van der Waals surface area contributed by atoms with E-state index in [0.717, 1.165) is 25.1 Å². The van der Waals surface area contributed by atoms with Gasteiger partial charge in [-0.1, -0.05) is 12.1 Å². The van der Waals surface area contributed by atoms with E-state index in [1.807, 2.05) is 18.4 Å². The van der Waals surface area contributed by atoms with Gasteiger partial charge < -0.3 is 14.8 Å². The zero-order chi connectivity index (χ0) is 12.8. The van der Waals surface area contributed by atoms with Gasteiger partial charge in [0.25, 0.3) is 0 Å². The maximum absolute atomic E-state index is 5.54. The van der Waals surface area contributed by atoms with E-state index in [0.29, 0.717) is 12.1 Å². The van der Waals surface area contributed by atoms with Crippen molar-refractivity contribution < 1.29 is 9.47 Å². The molecule has 0 fully saturated rings. The molecule has 1 aliphatic heterocycles. The van der Waals surface area contributed by atoms with Gasteiger partial charge in [0.1, 0.15) is 11.9 Å². The van der Waals surface area contributed by atoms with Crippen molar-refractivity contribution in [3.8, 4) is 5.75 Å². The Bertz CT molecular complexity index is 386. The average molecular weight is 247 g/mol. The predicted octanol–water partition coefficient (Wildman–Crippen LogP) is 3.04. The highest BCUT2D eigenvalue weighted by atomic mass is 16.5. The second kappa shape index (κ2) is 6.45. The molecule has 0 saturated carbocycles. The van der Waals surface area contributed by atoms with Crippen molar-refractivity contribution in [2.75, 3.05) is 13.7 Å². The van der Waals surface area contributed by atoms with Gasteiger partial charge in [-0.05, 0) is 43.5 Å². The Morgan fingerprint density at radius 1 is 1.39 bits per heavy atom. The fourth-order valence-corrected chi connectivity index (χ4v) is 2.05. The second-order valence-corrected chi connectivity index (χ2v) is 4.61. The lowest BCUT2D eigenvalue weighted by Crippen LogP contribution is -2.31. The van der Waals surface area contributed by atoms with Crippen LogP contribution in [0.15, 0.2) is 36.6 Å². The molecule has 0 spiro atoms. The third-order valence-electron chi connectivity index (χ3n) is 3.29. The van der Waals surface area contributed by atoms with E-state index in [1.54, 1.807) is 7.11 Å². The molecule has 0 radical (unpaired) electrons. The van der Waals surface area contributed by atoms with E-state index in [1.165, 1.54) is 5.56 Å². The fraction of sp³-hybridized carbons (Fsp3) is 0.467. The second-order valence-electron chi connectivity index (χ2n) is 4.61. The van der Waals surface area contributed by atoms with Crippen molar-refractivity contribution >= 4 is 0 Å². The van der Waals surface area contributed by atoms with E-state index in [2.05, 4.69) is 30.4 Å². The van der Waals surface area contributed by atoms with Gasteiger partial charge in [0, 0.05) is 12.6 Å². The van der Waals surface area contributed by atoms with E-state index in [-0.39, 0.29) is 0 Å². The highest BCUT2D eigenvalue weighted by molar-refractivity contribution is 5.28. The van der Waals surface area contributed by atoms with Gasteiger partial charge in [0.15, 0.2) is 0 Å². The molecule has 0 aromatic heterocycles. The molecule has 1 heterocycles. The summed E-state index contributed by atoms with van der Waals surface area (Å²) in [5.41, 5.74) is 1.27. The van der Waals surface area contributed by atoms with Gasteiger partial charge in [0.2, 0.25) is 0 Å². The topological polar surface area (TPSA) is 30.5 Å². The molecular formula is C15H21NO2. The lowest BCUT2D eigenvalue weighted by molar-refractivity contribution is 0.120. The number of methoxy groups -OCH3 is 1.